The Balaban J connectivity index is 2.22. The first-order valence-electron chi connectivity index (χ1n) is 5.09. The molecule has 0 radical (unpaired) electrons. The van der Waals surface area contributed by atoms with Crippen molar-refractivity contribution in [1.82, 2.24) is 10.2 Å². The molecular formula is C10H16N4. The van der Waals surface area contributed by atoms with Gasteiger partial charge in [0.1, 0.15) is 0 Å². The Hall–Kier alpha value is -1.32. The molecule has 2 heterocycles. The fourth-order valence-electron chi connectivity index (χ4n) is 1.69. The number of fused-ring (bicyclic) bond motifs is 1. The van der Waals surface area contributed by atoms with E-state index in [2.05, 4.69) is 34.7 Å². The van der Waals surface area contributed by atoms with Crippen molar-refractivity contribution >= 4 is 11.5 Å². The van der Waals surface area contributed by atoms with E-state index < -0.39 is 0 Å². The zero-order chi connectivity index (χ0) is 9.97. The largest absolute Gasteiger partial charge is 0.382 e. The van der Waals surface area contributed by atoms with Gasteiger partial charge in [0.25, 0.3) is 0 Å². The van der Waals surface area contributed by atoms with E-state index in [4.69, 9.17) is 0 Å². The van der Waals surface area contributed by atoms with Gasteiger partial charge in [0.2, 0.25) is 0 Å². The molecular weight excluding hydrogens is 176 g/mol. The van der Waals surface area contributed by atoms with Crippen LogP contribution in [0.15, 0.2) is 12.3 Å². The van der Waals surface area contributed by atoms with Crippen LogP contribution in [0.4, 0.5) is 11.5 Å². The third-order valence-electron chi connectivity index (χ3n) is 2.62. The fraction of sp³-hybridized carbons (Fsp3) is 0.600. The minimum Gasteiger partial charge on any atom is -0.382 e. The molecule has 1 unspecified atom stereocenters. The molecule has 4 nitrogen and oxygen atoms in total. The van der Waals surface area contributed by atoms with E-state index in [0.29, 0.717) is 12.0 Å². The molecule has 76 valence electrons. The van der Waals surface area contributed by atoms with Crippen molar-refractivity contribution in [3.63, 3.8) is 0 Å². The number of rotatable bonds is 1. The Morgan fingerprint density at radius 1 is 1.50 bits per heavy atom. The van der Waals surface area contributed by atoms with Gasteiger partial charge in [-0.25, -0.2) is 0 Å². The van der Waals surface area contributed by atoms with Crippen molar-refractivity contribution in [3.8, 4) is 0 Å². The standard InChI is InChI=1S/C10H16N4/c1-7(2)8-3-5-11-9-4-6-12-14-10(9)13-8/h4,6-8,11H,3,5H2,1-2H3,(H,13,14). The maximum Gasteiger partial charge on any atom is 0.172 e. The summed E-state index contributed by atoms with van der Waals surface area (Å²) in [4.78, 5) is 0. The van der Waals surface area contributed by atoms with Gasteiger partial charge in [-0.1, -0.05) is 13.8 Å². The summed E-state index contributed by atoms with van der Waals surface area (Å²) in [6.07, 6.45) is 2.83. The van der Waals surface area contributed by atoms with Crippen molar-refractivity contribution in [2.75, 3.05) is 17.2 Å². The molecule has 1 aliphatic heterocycles. The molecule has 1 aliphatic rings. The van der Waals surface area contributed by atoms with Crippen molar-refractivity contribution in [2.24, 2.45) is 5.92 Å². The summed E-state index contributed by atoms with van der Waals surface area (Å²) in [5, 5.41) is 14.7. The molecule has 1 aromatic rings. The minimum atomic E-state index is 0.487. The zero-order valence-corrected chi connectivity index (χ0v) is 8.62. The van der Waals surface area contributed by atoms with Gasteiger partial charge in [-0.2, -0.15) is 5.10 Å². The number of anilines is 2. The Kier molecular flexibility index (Phi) is 2.52. The van der Waals surface area contributed by atoms with Gasteiger partial charge in [0, 0.05) is 12.6 Å². The predicted molar refractivity (Wildman–Crippen MR) is 57.4 cm³/mol. The summed E-state index contributed by atoms with van der Waals surface area (Å²) < 4.78 is 0. The van der Waals surface area contributed by atoms with Crippen molar-refractivity contribution < 1.29 is 0 Å². The topological polar surface area (TPSA) is 49.8 Å². The Labute approximate surface area is 84.1 Å². The lowest BCUT2D eigenvalue weighted by Crippen LogP contribution is -2.26. The second-order valence-electron chi connectivity index (χ2n) is 4.00. The Morgan fingerprint density at radius 3 is 3.14 bits per heavy atom. The predicted octanol–water partition coefficient (Wildman–Crippen LogP) is 1.73. The van der Waals surface area contributed by atoms with Crippen LogP contribution in [-0.4, -0.2) is 22.8 Å². The third kappa shape index (κ3) is 1.78. The summed E-state index contributed by atoms with van der Waals surface area (Å²) in [5.41, 5.74) is 1.06. The molecule has 0 spiro atoms. The third-order valence-corrected chi connectivity index (χ3v) is 2.62. The highest BCUT2D eigenvalue weighted by atomic mass is 15.2. The molecule has 2 rings (SSSR count). The summed E-state index contributed by atoms with van der Waals surface area (Å²) >= 11 is 0. The van der Waals surface area contributed by atoms with Crippen LogP contribution in [0, 0.1) is 5.92 Å². The summed E-state index contributed by atoms with van der Waals surface area (Å²) in [6, 6.07) is 2.44. The van der Waals surface area contributed by atoms with Crippen LogP contribution in [-0.2, 0) is 0 Å². The van der Waals surface area contributed by atoms with Gasteiger partial charge in [0.05, 0.1) is 11.9 Å². The van der Waals surface area contributed by atoms with Crippen LogP contribution in [0.1, 0.15) is 20.3 Å². The van der Waals surface area contributed by atoms with E-state index >= 15 is 0 Å². The molecule has 0 amide bonds. The smallest absolute Gasteiger partial charge is 0.172 e. The minimum absolute atomic E-state index is 0.487. The monoisotopic (exact) mass is 192 g/mol. The molecule has 0 bridgehead atoms. The van der Waals surface area contributed by atoms with Gasteiger partial charge in [-0.15, -0.1) is 5.10 Å². The van der Waals surface area contributed by atoms with Crippen LogP contribution >= 0.6 is 0 Å². The molecule has 0 aromatic carbocycles. The lowest BCUT2D eigenvalue weighted by Gasteiger charge is -2.19. The van der Waals surface area contributed by atoms with Gasteiger partial charge in [-0.05, 0) is 18.4 Å². The van der Waals surface area contributed by atoms with Crippen LogP contribution in [0.2, 0.25) is 0 Å². The van der Waals surface area contributed by atoms with E-state index in [1.54, 1.807) is 6.20 Å². The van der Waals surface area contributed by atoms with Gasteiger partial charge < -0.3 is 10.6 Å². The van der Waals surface area contributed by atoms with Gasteiger partial charge in [0.15, 0.2) is 5.82 Å². The second kappa shape index (κ2) is 3.82. The Morgan fingerprint density at radius 2 is 2.36 bits per heavy atom. The number of aromatic nitrogens is 2. The number of hydrogen-bond donors (Lipinski definition) is 2. The van der Waals surface area contributed by atoms with Crippen LogP contribution in [0.5, 0.6) is 0 Å². The average molecular weight is 192 g/mol. The molecule has 14 heavy (non-hydrogen) atoms. The van der Waals surface area contributed by atoms with E-state index in [9.17, 15) is 0 Å². The number of nitrogens with zero attached hydrogens (tertiary/aromatic N) is 2. The molecule has 2 N–H and O–H groups in total. The summed E-state index contributed by atoms with van der Waals surface area (Å²) in [7, 11) is 0. The van der Waals surface area contributed by atoms with Crippen molar-refractivity contribution in [2.45, 2.75) is 26.3 Å². The highest BCUT2D eigenvalue weighted by Gasteiger charge is 2.18. The average Bonchev–Trinajstić information content (AvgIpc) is 2.39. The van der Waals surface area contributed by atoms with E-state index in [0.717, 1.165) is 24.5 Å². The first kappa shape index (κ1) is 9.24. The second-order valence-corrected chi connectivity index (χ2v) is 4.00. The van der Waals surface area contributed by atoms with Gasteiger partial charge >= 0.3 is 0 Å². The molecule has 0 aliphatic carbocycles. The first-order chi connectivity index (χ1) is 6.77. The molecule has 0 saturated heterocycles. The highest BCUT2D eigenvalue weighted by molar-refractivity contribution is 5.64. The molecule has 0 saturated carbocycles. The van der Waals surface area contributed by atoms with Gasteiger partial charge in [-0.3, -0.25) is 0 Å². The molecule has 1 aromatic heterocycles. The van der Waals surface area contributed by atoms with Crippen molar-refractivity contribution in [1.29, 1.82) is 0 Å². The quantitative estimate of drug-likeness (QED) is 0.711. The van der Waals surface area contributed by atoms with E-state index in [1.807, 2.05) is 6.07 Å². The summed E-state index contributed by atoms with van der Waals surface area (Å²) in [6.45, 7) is 5.44. The highest BCUT2D eigenvalue weighted by Crippen LogP contribution is 2.23. The molecule has 4 heteroatoms. The van der Waals surface area contributed by atoms with Crippen LogP contribution in [0.3, 0.4) is 0 Å². The summed E-state index contributed by atoms with van der Waals surface area (Å²) in [5.74, 6) is 1.49. The Bertz CT molecular complexity index is 311. The maximum atomic E-state index is 4.09. The fourth-order valence-corrected chi connectivity index (χ4v) is 1.69. The normalized spacial score (nSPS) is 20.6. The SMILES string of the molecule is CC(C)C1CCNc2ccnnc2N1. The lowest BCUT2D eigenvalue weighted by atomic mass is 10.0. The molecule has 1 atom stereocenters. The van der Waals surface area contributed by atoms with E-state index in [1.165, 1.54) is 0 Å². The van der Waals surface area contributed by atoms with Crippen LogP contribution < -0.4 is 10.6 Å². The lowest BCUT2D eigenvalue weighted by molar-refractivity contribution is 0.506. The van der Waals surface area contributed by atoms with E-state index in [-0.39, 0.29) is 0 Å². The number of nitrogens with one attached hydrogen (secondary N) is 2. The maximum absolute atomic E-state index is 4.09. The molecule has 0 fully saturated rings. The van der Waals surface area contributed by atoms with Crippen molar-refractivity contribution in [3.05, 3.63) is 12.3 Å². The zero-order valence-electron chi connectivity index (χ0n) is 8.62. The van der Waals surface area contributed by atoms with Crippen LogP contribution in [0.25, 0.3) is 0 Å². The number of hydrogen-bond acceptors (Lipinski definition) is 4. The first-order valence-corrected chi connectivity index (χ1v) is 5.09.